The van der Waals surface area contributed by atoms with Gasteiger partial charge >= 0.3 is 0 Å². The lowest BCUT2D eigenvalue weighted by atomic mass is 10.0. The van der Waals surface area contributed by atoms with Gasteiger partial charge in [0.15, 0.2) is 0 Å². The molecule has 0 radical (unpaired) electrons. The van der Waals surface area contributed by atoms with E-state index in [-0.39, 0.29) is 0 Å². The first-order valence-electron chi connectivity index (χ1n) is 7.45. The van der Waals surface area contributed by atoms with Crippen molar-refractivity contribution in [3.05, 3.63) is 0 Å². The van der Waals surface area contributed by atoms with E-state index in [2.05, 4.69) is 17.1 Å². The van der Waals surface area contributed by atoms with E-state index < -0.39 is 0 Å². The quantitative estimate of drug-likeness (QED) is 0.808. The third-order valence-corrected chi connectivity index (χ3v) is 4.62. The first kappa shape index (κ1) is 11.9. The predicted octanol–water partition coefficient (Wildman–Crippen LogP) is 1.77. The lowest BCUT2D eigenvalue weighted by molar-refractivity contribution is 0.0640. The molecule has 0 spiro atoms. The number of nitrogens with one attached hydrogen (secondary N) is 1. The van der Waals surface area contributed by atoms with E-state index in [0.29, 0.717) is 12.1 Å². The van der Waals surface area contributed by atoms with Gasteiger partial charge < -0.3 is 10.1 Å². The number of hydrogen-bond acceptors (Lipinski definition) is 3. The van der Waals surface area contributed by atoms with Crippen molar-refractivity contribution in [2.24, 2.45) is 0 Å². The minimum Gasteiger partial charge on any atom is -0.377 e. The first-order chi connectivity index (χ1) is 8.34. The molecule has 3 fully saturated rings. The molecule has 0 aromatic carbocycles. The van der Waals surface area contributed by atoms with Gasteiger partial charge in [-0.05, 0) is 45.6 Å². The van der Waals surface area contributed by atoms with Crippen molar-refractivity contribution < 1.29 is 4.74 Å². The van der Waals surface area contributed by atoms with Gasteiger partial charge in [0.1, 0.15) is 0 Å². The van der Waals surface area contributed by atoms with Crippen LogP contribution in [0.3, 0.4) is 0 Å². The molecule has 1 aliphatic carbocycles. The number of nitrogens with zero attached hydrogens (tertiary/aromatic N) is 1. The summed E-state index contributed by atoms with van der Waals surface area (Å²) in [6.45, 7) is 5.69. The van der Waals surface area contributed by atoms with Gasteiger partial charge in [0.25, 0.3) is 0 Å². The van der Waals surface area contributed by atoms with Crippen LogP contribution in [0.2, 0.25) is 0 Å². The summed E-state index contributed by atoms with van der Waals surface area (Å²) in [5.74, 6) is 0. The molecule has 0 bridgehead atoms. The van der Waals surface area contributed by atoms with Gasteiger partial charge in [-0.15, -0.1) is 0 Å². The van der Waals surface area contributed by atoms with Crippen molar-refractivity contribution >= 4 is 0 Å². The van der Waals surface area contributed by atoms with E-state index in [1.807, 2.05) is 0 Å². The van der Waals surface area contributed by atoms with Gasteiger partial charge in [-0.2, -0.15) is 0 Å². The Morgan fingerprint density at radius 2 is 2.06 bits per heavy atom. The molecular formula is C14H26N2O. The zero-order valence-electron chi connectivity index (χ0n) is 11.0. The fraction of sp³-hybridized carbons (Fsp3) is 1.00. The SMILES string of the molecule is CC1OCCC1N(CC1CCCCN1)C1CC1. The number of ether oxygens (including phenoxy) is 1. The van der Waals surface area contributed by atoms with E-state index >= 15 is 0 Å². The Morgan fingerprint density at radius 3 is 2.65 bits per heavy atom. The molecule has 0 aromatic rings. The molecule has 0 amide bonds. The van der Waals surface area contributed by atoms with E-state index in [0.717, 1.165) is 18.7 Å². The number of rotatable bonds is 4. The van der Waals surface area contributed by atoms with Crippen LogP contribution < -0.4 is 5.32 Å². The molecule has 3 rings (SSSR count). The molecule has 2 heterocycles. The van der Waals surface area contributed by atoms with Crippen LogP contribution in [0.25, 0.3) is 0 Å². The molecule has 0 aromatic heterocycles. The van der Waals surface area contributed by atoms with Gasteiger partial charge in [0, 0.05) is 31.3 Å². The van der Waals surface area contributed by atoms with Crippen molar-refractivity contribution in [1.82, 2.24) is 10.2 Å². The highest BCUT2D eigenvalue weighted by Gasteiger charge is 2.39. The highest BCUT2D eigenvalue weighted by atomic mass is 16.5. The largest absolute Gasteiger partial charge is 0.377 e. The standard InChI is InChI=1S/C14H26N2O/c1-11-14(7-9-17-11)16(13-5-6-13)10-12-4-2-3-8-15-12/h11-15H,2-10H2,1H3. The third kappa shape index (κ3) is 2.83. The van der Waals surface area contributed by atoms with Crippen molar-refractivity contribution in [2.75, 3.05) is 19.7 Å². The summed E-state index contributed by atoms with van der Waals surface area (Å²) in [4.78, 5) is 2.76. The van der Waals surface area contributed by atoms with Gasteiger partial charge in [-0.25, -0.2) is 0 Å². The zero-order chi connectivity index (χ0) is 11.7. The summed E-state index contributed by atoms with van der Waals surface area (Å²) < 4.78 is 5.75. The Balaban J connectivity index is 1.59. The van der Waals surface area contributed by atoms with Crippen LogP contribution in [-0.2, 0) is 4.74 Å². The Labute approximate surface area is 105 Å². The summed E-state index contributed by atoms with van der Waals surface area (Å²) >= 11 is 0. The summed E-state index contributed by atoms with van der Waals surface area (Å²) in [6.07, 6.45) is 8.65. The minimum atomic E-state index is 0.444. The van der Waals surface area contributed by atoms with Crippen molar-refractivity contribution in [2.45, 2.75) is 69.7 Å². The van der Waals surface area contributed by atoms with Gasteiger partial charge in [-0.3, -0.25) is 4.90 Å². The molecule has 3 heteroatoms. The highest BCUT2D eigenvalue weighted by molar-refractivity contribution is 4.94. The predicted molar refractivity (Wildman–Crippen MR) is 69.2 cm³/mol. The summed E-state index contributed by atoms with van der Waals surface area (Å²) in [7, 11) is 0. The first-order valence-corrected chi connectivity index (χ1v) is 7.45. The zero-order valence-corrected chi connectivity index (χ0v) is 11.0. The van der Waals surface area contributed by atoms with Crippen LogP contribution in [0.4, 0.5) is 0 Å². The Morgan fingerprint density at radius 1 is 1.18 bits per heavy atom. The molecule has 3 nitrogen and oxygen atoms in total. The molecule has 3 aliphatic rings. The highest BCUT2D eigenvalue weighted by Crippen LogP contribution is 2.33. The molecule has 98 valence electrons. The maximum Gasteiger partial charge on any atom is 0.0703 e. The average molecular weight is 238 g/mol. The second-order valence-electron chi connectivity index (χ2n) is 6.01. The fourth-order valence-electron chi connectivity index (χ4n) is 3.45. The van der Waals surface area contributed by atoms with Crippen LogP contribution in [0, 0.1) is 0 Å². The average Bonchev–Trinajstić information content (AvgIpc) is 3.11. The third-order valence-electron chi connectivity index (χ3n) is 4.62. The molecule has 1 N–H and O–H groups in total. The maximum absolute atomic E-state index is 5.75. The Kier molecular flexibility index (Phi) is 3.69. The van der Waals surface area contributed by atoms with Gasteiger partial charge in [0.05, 0.1) is 6.10 Å². The maximum atomic E-state index is 5.75. The number of hydrogen-bond donors (Lipinski definition) is 1. The van der Waals surface area contributed by atoms with E-state index in [1.54, 1.807) is 0 Å². The molecule has 1 saturated carbocycles. The summed E-state index contributed by atoms with van der Waals surface area (Å²) in [5, 5.41) is 3.69. The van der Waals surface area contributed by atoms with Crippen molar-refractivity contribution in [1.29, 1.82) is 0 Å². The lowest BCUT2D eigenvalue weighted by Gasteiger charge is -2.35. The Hall–Kier alpha value is -0.120. The van der Waals surface area contributed by atoms with Crippen LogP contribution in [0.15, 0.2) is 0 Å². The second kappa shape index (κ2) is 5.25. The van der Waals surface area contributed by atoms with Crippen LogP contribution in [0.5, 0.6) is 0 Å². The van der Waals surface area contributed by atoms with Crippen LogP contribution in [-0.4, -0.2) is 48.8 Å². The van der Waals surface area contributed by atoms with Crippen molar-refractivity contribution in [3.8, 4) is 0 Å². The lowest BCUT2D eigenvalue weighted by Crippen LogP contribution is -2.50. The Bertz CT molecular complexity index is 249. The molecular weight excluding hydrogens is 212 g/mol. The second-order valence-corrected chi connectivity index (χ2v) is 6.01. The minimum absolute atomic E-state index is 0.444. The van der Waals surface area contributed by atoms with Crippen LogP contribution >= 0.6 is 0 Å². The summed E-state index contributed by atoms with van der Waals surface area (Å²) in [5.41, 5.74) is 0. The molecule has 2 aliphatic heterocycles. The normalized spacial score (nSPS) is 38.8. The molecule has 3 atom stereocenters. The summed E-state index contributed by atoms with van der Waals surface area (Å²) in [6, 6.07) is 2.29. The topological polar surface area (TPSA) is 24.5 Å². The monoisotopic (exact) mass is 238 g/mol. The molecule has 17 heavy (non-hydrogen) atoms. The molecule has 3 unspecified atom stereocenters. The van der Waals surface area contributed by atoms with Gasteiger partial charge in [0.2, 0.25) is 0 Å². The van der Waals surface area contributed by atoms with E-state index in [4.69, 9.17) is 4.74 Å². The molecule has 2 saturated heterocycles. The number of piperidine rings is 1. The van der Waals surface area contributed by atoms with E-state index in [1.165, 1.54) is 51.6 Å². The smallest absolute Gasteiger partial charge is 0.0703 e. The van der Waals surface area contributed by atoms with E-state index in [9.17, 15) is 0 Å². The van der Waals surface area contributed by atoms with Crippen LogP contribution in [0.1, 0.15) is 45.4 Å². The van der Waals surface area contributed by atoms with Gasteiger partial charge in [-0.1, -0.05) is 6.42 Å². The van der Waals surface area contributed by atoms with Crippen molar-refractivity contribution in [3.63, 3.8) is 0 Å². The fourth-order valence-corrected chi connectivity index (χ4v) is 3.45.